The van der Waals surface area contributed by atoms with Crippen molar-refractivity contribution in [3.05, 3.63) is 35.1 Å². The molecule has 1 aromatic rings. The van der Waals surface area contributed by atoms with Crippen LogP contribution in [0.3, 0.4) is 0 Å². The zero-order chi connectivity index (χ0) is 14.1. The Morgan fingerprint density at radius 1 is 1.17 bits per heavy atom. The molecule has 0 unspecified atom stereocenters. The van der Waals surface area contributed by atoms with E-state index in [0.717, 1.165) is 0 Å². The molecular formula is C13H17F3OS. The van der Waals surface area contributed by atoms with E-state index in [0.29, 0.717) is 12.1 Å². The fourth-order valence-corrected chi connectivity index (χ4v) is 2.71. The Hall–Kier alpha value is -0.840. The third kappa shape index (κ3) is 3.57. The van der Waals surface area contributed by atoms with Gasteiger partial charge >= 0.3 is 0 Å². The zero-order valence-electron chi connectivity index (χ0n) is 10.9. The van der Waals surface area contributed by atoms with Gasteiger partial charge in [0.15, 0.2) is 0 Å². The van der Waals surface area contributed by atoms with Crippen LogP contribution in [-0.2, 0) is 10.8 Å². The first-order chi connectivity index (χ1) is 8.12. The average Bonchev–Trinajstić information content (AvgIpc) is 2.13. The van der Waals surface area contributed by atoms with Crippen molar-refractivity contribution in [2.75, 3.05) is 5.75 Å². The van der Waals surface area contributed by atoms with Crippen molar-refractivity contribution in [2.24, 2.45) is 0 Å². The van der Waals surface area contributed by atoms with E-state index in [2.05, 4.69) is 0 Å². The van der Waals surface area contributed by atoms with Crippen LogP contribution in [0.2, 0.25) is 0 Å². The van der Waals surface area contributed by atoms with E-state index in [4.69, 9.17) is 0 Å². The van der Waals surface area contributed by atoms with Crippen LogP contribution in [0.1, 0.15) is 39.2 Å². The summed E-state index contributed by atoms with van der Waals surface area (Å²) in [4.78, 5) is 0. The second-order valence-corrected chi connectivity index (χ2v) is 7.56. The average molecular weight is 278 g/mol. The summed E-state index contributed by atoms with van der Waals surface area (Å²) in [5.74, 6) is -3.22. The van der Waals surface area contributed by atoms with Gasteiger partial charge in [0.05, 0.1) is 0 Å². The second kappa shape index (κ2) is 5.43. The SMILES string of the molecule is C[C@H](C[S@@](=O)C(C)(C)C)c1c(F)cc(F)cc1F. The number of benzene rings is 1. The molecule has 102 valence electrons. The van der Waals surface area contributed by atoms with Gasteiger partial charge in [-0.05, 0) is 26.7 Å². The smallest absolute Gasteiger partial charge is 0.132 e. The molecule has 0 fully saturated rings. The van der Waals surface area contributed by atoms with Crippen LogP contribution in [0.15, 0.2) is 12.1 Å². The zero-order valence-corrected chi connectivity index (χ0v) is 11.7. The molecule has 5 heteroatoms. The maximum Gasteiger partial charge on any atom is 0.132 e. The van der Waals surface area contributed by atoms with E-state index in [1.807, 2.05) is 0 Å². The van der Waals surface area contributed by atoms with Crippen molar-refractivity contribution >= 4 is 10.8 Å². The molecule has 0 aliphatic heterocycles. The Bertz CT molecular complexity index is 443. The Labute approximate surface area is 108 Å². The summed E-state index contributed by atoms with van der Waals surface area (Å²) in [5.41, 5.74) is -0.200. The summed E-state index contributed by atoms with van der Waals surface area (Å²) >= 11 is 0. The molecule has 2 atom stereocenters. The summed E-state index contributed by atoms with van der Waals surface area (Å²) in [5, 5.41) is 0. The lowest BCUT2D eigenvalue weighted by molar-refractivity contribution is 0.513. The molecule has 0 aliphatic carbocycles. The minimum absolute atomic E-state index is 0.142. The number of hydrogen-bond donors (Lipinski definition) is 0. The quantitative estimate of drug-likeness (QED) is 0.823. The highest BCUT2D eigenvalue weighted by Crippen LogP contribution is 2.26. The van der Waals surface area contributed by atoms with E-state index in [1.165, 1.54) is 0 Å². The standard InChI is InChI=1S/C13H17F3OS/c1-8(7-18(17)13(2,3)4)12-10(15)5-9(14)6-11(12)16/h5-6,8H,7H2,1-4H3/t8-,18-/m1/s1. The minimum atomic E-state index is -1.22. The third-order valence-corrected chi connectivity index (χ3v) is 4.79. The molecular weight excluding hydrogens is 261 g/mol. The lowest BCUT2D eigenvalue weighted by Gasteiger charge is -2.21. The summed E-state index contributed by atoms with van der Waals surface area (Å²) < 4.78 is 51.3. The predicted octanol–water partition coefficient (Wildman–Crippen LogP) is 3.75. The second-order valence-electron chi connectivity index (χ2n) is 5.31. The summed E-state index contributed by atoms with van der Waals surface area (Å²) in [6.45, 7) is 6.98. The monoisotopic (exact) mass is 278 g/mol. The highest BCUT2D eigenvalue weighted by atomic mass is 32.2. The van der Waals surface area contributed by atoms with Gasteiger partial charge in [-0.2, -0.15) is 0 Å². The van der Waals surface area contributed by atoms with Crippen molar-refractivity contribution < 1.29 is 17.4 Å². The number of rotatable bonds is 3. The van der Waals surface area contributed by atoms with E-state index >= 15 is 0 Å². The van der Waals surface area contributed by atoms with Crippen LogP contribution in [0.25, 0.3) is 0 Å². The molecule has 0 spiro atoms. The molecule has 0 saturated heterocycles. The van der Waals surface area contributed by atoms with Gasteiger partial charge in [-0.25, -0.2) is 13.2 Å². The highest BCUT2D eigenvalue weighted by molar-refractivity contribution is 7.86. The Morgan fingerprint density at radius 2 is 1.61 bits per heavy atom. The maximum absolute atomic E-state index is 13.5. The molecule has 0 saturated carbocycles. The third-order valence-electron chi connectivity index (χ3n) is 2.62. The van der Waals surface area contributed by atoms with Crippen LogP contribution in [-0.4, -0.2) is 14.7 Å². The Kier molecular flexibility index (Phi) is 4.59. The molecule has 0 bridgehead atoms. The fourth-order valence-electron chi connectivity index (χ4n) is 1.58. The fraction of sp³-hybridized carbons (Fsp3) is 0.538. The van der Waals surface area contributed by atoms with E-state index in [9.17, 15) is 17.4 Å². The van der Waals surface area contributed by atoms with E-state index < -0.39 is 38.9 Å². The lowest BCUT2D eigenvalue weighted by atomic mass is 10.0. The first-order valence-corrected chi connectivity index (χ1v) is 6.97. The molecule has 1 aromatic carbocycles. The van der Waals surface area contributed by atoms with Crippen LogP contribution in [0, 0.1) is 17.5 Å². The summed E-state index contributed by atoms with van der Waals surface area (Å²) in [6, 6.07) is 1.30. The first-order valence-electron chi connectivity index (χ1n) is 5.66. The number of hydrogen-bond acceptors (Lipinski definition) is 1. The molecule has 0 amide bonds. The van der Waals surface area contributed by atoms with Crippen molar-refractivity contribution in [1.29, 1.82) is 0 Å². The Balaban J connectivity index is 2.99. The van der Waals surface area contributed by atoms with Gasteiger partial charge in [0, 0.05) is 39.0 Å². The van der Waals surface area contributed by atoms with Gasteiger partial charge in [-0.15, -0.1) is 0 Å². The molecule has 0 N–H and O–H groups in total. The van der Waals surface area contributed by atoms with Gasteiger partial charge < -0.3 is 0 Å². The summed E-state index contributed by atoms with van der Waals surface area (Å²) in [7, 11) is -1.22. The van der Waals surface area contributed by atoms with Gasteiger partial charge in [0.2, 0.25) is 0 Å². The maximum atomic E-state index is 13.5. The normalized spacial score (nSPS) is 15.5. The van der Waals surface area contributed by atoms with Crippen LogP contribution in [0.5, 0.6) is 0 Å². The van der Waals surface area contributed by atoms with Gasteiger partial charge in [-0.1, -0.05) is 6.92 Å². The molecule has 0 heterocycles. The Morgan fingerprint density at radius 3 is 2.00 bits per heavy atom. The van der Waals surface area contributed by atoms with Gasteiger partial charge in [0.1, 0.15) is 17.5 Å². The minimum Gasteiger partial charge on any atom is -0.259 e. The first kappa shape index (κ1) is 15.2. The molecule has 18 heavy (non-hydrogen) atoms. The van der Waals surface area contributed by atoms with Crippen LogP contribution in [0.4, 0.5) is 13.2 Å². The molecule has 1 rings (SSSR count). The molecule has 0 aliphatic rings. The predicted molar refractivity (Wildman–Crippen MR) is 67.5 cm³/mol. The van der Waals surface area contributed by atoms with Gasteiger partial charge in [-0.3, -0.25) is 4.21 Å². The van der Waals surface area contributed by atoms with Crippen molar-refractivity contribution in [3.63, 3.8) is 0 Å². The van der Waals surface area contributed by atoms with Crippen molar-refractivity contribution in [2.45, 2.75) is 38.4 Å². The van der Waals surface area contributed by atoms with Crippen LogP contribution >= 0.6 is 0 Å². The largest absolute Gasteiger partial charge is 0.259 e. The molecule has 0 aromatic heterocycles. The van der Waals surface area contributed by atoms with E-state index in [-0.39, 0.29) is 11.3 Å². The molecule has 0 radical (unpaired) electrons. The van der Waals surface area contributed by atoms with Crippen molar-refractivity contribution in [3.8, 4) is 0 Å². The number of halogens is 3. The van der Waals surface area contributed by atoms with E-state index in [1.54, 1.807) is 27.7 Å². The topological polar surface area (TPSA) is 17.1 Å². The highest BCUT2D eigenvalue weighted by Gasteiger charge is 2.25. The van der Waals surface area contributed by atoms with Gasteiger partial charge in [0.25, 0.3) is 0 Å². The van der Waals surface area contributed by atoms with Crippen LogP contribution < -0.4 is 0 Å². The van der Waals surface area contributed by atoms with Crippen molar-refractivity contribution in [1.82, 2.24) is 0 Å². The summed E-state index contributed by atoms with van der Waals surface area (Å²) in [6.07, 6.45) is 0. The lowest BCUT2D eigenvalue weighted by Crippen LogP contribution is -2.26. The molecule has 1 nitrogen and oxygen atoms in total.